The summed E-state index contributed by atoms with van der Waals surface area (Å²) in [6, 6.07) is 15.6. The third kappa shape index (κ3) is 3.55. The van der Waals surface area contributed by atoms with E-state index in [1.54, 1.807) is 0 Å². The fourth-order valence-electron chi connectivity index (χ4n) is 3.13. The first-order valence-corrected chi connectivity index (χ1v) is 8.51. The van der Waals surface area contributed by atoms with E-state index in [1.807, 2.05) is 55.4 Å². The first kappa shape index (κ1) is 16.8. The Morgan fingerprint density at radius 3 is 2.62 bits per heavy atom. The van der Waals surface area contributed by atoms with Crippen molar-refractivity contribution in [3.8, 4) is 0 Å². The van der Waals surface area contributed by atoms with Crippen LogP contribution < -0.4 is 5.32 Å². The second-order valence-corrected chi connectivity index (χ2v) is 6.76. The van der Waals surface area contributed by atoms with Crippen molar-refractivity contribution in [2.45, 2.75) is 12.5 Å². The van der Waals surface area contributed by atoms with Crippen molar-refractivity contribution in [2.24, 2.45) is 0 Å². The average molecular weight is 344 g/mol. The molecule has 1 aliphatic rings. The second-order valence-electron chi connectivity index (χ2n) is 6.33. The number of urea groups is 1. The molecule has 1 N–H and O–H groups in total. The molecule has 0 aromatic heterocycles. The van der Waals surface area contributed by atoms with E-state index in [0.717, 1.165) is 29.8 Å². The van der Waals surface area contributed by atoms with E-state index in [4.69, 9.17) is 11.6 Å². The minimum Gasteiger partial charge on any atom is -0.313 e. The van der Waals surface area contributed by atoms with Gasteiger partial charge in [-0.25, -0.2) is 4.79 Å². The molecule has 0 bridgehead atoms. The molecule has 5 heteroatoms. The highest BCUT2D eigenvalue weighted by molar-refractivity contribution is 6.30. The summed E-state index contributed by atoms with van der Waals surface area (Å²) in [6.07, 6.45) is 0.916. The van der Waals surface area contributed by atoms with E-state index in [0.29, 0.717) is 11.6 Å². The molecule has 0 saturated heterocycles. The van der Waals surface area contributed by atoms with Crippen LogP contribution in [0, 0.1) is 0 Å². The maximum absolute atomic E-state index is 12.7. The first-order valence-electron chi connectivity index (χ1n) is 8.13. The molecule has 2 amide bonds. The van der Waals surface area contributed by atoms with Gasteiger partial charge in [0.15, 0.2) is 0 Å². The van der Waals surface area contributed by atoms with E-state index in [9.17, 15) is 4.79 Å². The number of carbonyl (C=O) groups is 1. The van der Waals surface area contributed by atoms with Crippen LogP contribution in [0.5, 0.6) is 0 Å². The lowest BCUT2D eigenvalue weighted by molar-refractivity contribution is 0.191. The lowest BCUT2D eigenvalue weighted by Gasteiger charge is -2.38. The molecule has 1 heterocycles. The van der Waals surface area contributed by atoms with Crippen LogP contribution in [0.25, 0.3) is 0 Å². The SMILES string of the molecule is CN(C)CCCN1C(=O)Nc2ccc(Cl)cc2C1c1ccccc1. The van der Waals surface area contributed by atoms with Gasteiger partial charge in [-0.2, -0.15) is 0 Å². The lowest BCUT2D eigenvalue weighted by Crippen LogP contribution is -2.43. The van der Waals surface area contributed by atoms with Gasteiger partial charge in [0.1, 0.15) is 0 Å². The van der Waals surface area contributed by atoms with Crippen molar-refractivity contribution in [2.75, 3.05) is 32.5 Å². The monoisotopic (exact) mass is 343 g/mol. The van der Waals surface area contributed by atoms with Gasteiger partial charge in [-0.15, -0.1) is 0 Å². The summed E-state index contributed by atoms with van der Waals surface area (Å²) in [6.45, 7) is 1.63. The number of fused-ring (bicyclic) bond motifs is 1. The summed E-state index contributed by atoms with van der Waals surface area (Å²) in [7, 11) is 4.08. The van der Waals surface area contributed by atoms with Gasteiger partial charge in [-0.1, -0.05) is 41.9 Å². The van der Waals surface area contributed by atoms with Crippen LogP contribution in [0.1, 0.15) is 23.6 Å². The third-order valence-corrected chi connectivity index (χ3v) is 4.48. The fraction of sp³-hybridized carbons (Fsp3) is 0.316. The van der Waals surface area contributed by atoms with Gasteiger partial charge in [0, 0.05) is 22.8 Å². The Kier molecular flexibility index (Phi) is 5.07. The van der Waals surface area contributed by atoms with Crippen LogP contribution in [0.3, 0.4) is 0 Å². The number of amides is 2. The molecule has 126 valence electrons. The van der Waals surface area contributed by atoms with Crippen LogP contribution in [0.15, 0.2) is 48.5 Å². The summed E-state index contributed by atoms with van der Waals surface area (Å²) < 4.78 is 0. The van der Waals surface area contributed by atoms with E-state index in [1.165, 1.54) is 0 Å². The molecule has 1 unspecified atom stereocenters. The molecule has 0 radical (unpaired) electrons. The molecule has 3 rings (SSSR count). The molecule has 4 nitrogen and oxygen atoms in total. The maximum atomic E-state index is 12.7. The normalized spacial score (nSPS) is 16.9. The van der Waals surface area contributed by atoms with Gasteiger partial charge < -0.3 is 15.1 Å². The Morgan fingerprint density at radius 1 is 1.17 bits per heavy atom. The number of rotatable bonds is 5. The predicted octanol–water partition coefficient (Wildman–Crippen LogP) is 4.23. The second kappa shape index (κ2) is 7.24. The summed E-state index contributed by atoms with van der Waals surface area (Å²) in [5, 5.41) is 3.67. The van der Waals surface area contributed by atoms with Crippen molar-refractivity contribution < 1.29 is 4.79 Å². The van der Waals surface area contributed by atoms with Gasteiger partial charge in [0.2, 0.25) is 0 Å². The smallest absolute Gasteiger partial charge is 0.313 e. The molecule has 1 aliphatic heterocycles. The third-order valence-electron chi connectivity index (χ3n) is 4.24. The Labute approximate surface area is 148 Å². The van der Waals surface area contributed by atoms with E-state index in [-0.39, 0.29) is 12.1 Å². The zero-order chi connectivity index (χ0) is 17.1. The summed E-state index contributed by atoms with van der Waals surface area (Å²) in [4.78, 5) is 16.7. The standard InChI is InChI=1S/C19H22ClN3O/c1-22(2)11-6-12-23-18(14-7-4-3-5-8-14)16-13-15(20)9-10-17(16)21-19(23)24/h3-5,7-10,13,18H,6,11-12H2,1-2H3,(H,21,24). The maximum Gasteiger partial charge on any atom is 0.322 e. The van der Waals surface area contributed by atoms with Crippen LogP contribution >= 0.6 is 11.6 Å². The van der Waals surface area contributed by atoms with Crippen LogP contribution in [-0.2, 0) is 0 Å². The van der Waals surface area contributed by atoms with Crippen LogP contribution in [-0.4, -0.2) is 43.0 Å². The van der Waals surface area contributed by atoms with Crippen molar-refractivity contribution in [1.82, 2.24) is 9.80 Å². The lowest BCUT2D eigenvalue weighted by atomic mass is 9.94. The van der Waals surface area contributed by atoms with Crippen molar-refractivity contribution in [3.05, 3.63) is 64.7 Å². The van der Waals surface area contributed by atoms with Gasteiger partial charge in [-0.3, -0.25) is 0 Å². The number of nitrogens with zero attached hydrogens (tertiary/aromatic N) is 2. The van der Waals surface area contributed by atoms with Crippen molar-refractivity contribution in [3.63, 3.8) is 0 Å². The summed E-state index contributed by atoms with van der Waals surface area (Å²) in [5.41, 5.74) is 2.97. The highest BCUT2D eigenvalue weighted by atomic mass is 35.5. The zero-order valence-electron chi connectivity index (χ0n) is 14.0. The summed E-state index contributed by atoms with van der Waals surface area (Å²) >= 11 is 6.22. The van der Waals surface area contributed by atoms with Gasteiger partial charge in [-0.05, 0) is 50.8 Å². The largest absolute Gasteiger partial charge is 0.322 e. The molecule has 2 aromatic carbocycles. The van der Waals surface area contributed by atoms with Crippen LogP contribution in [0.2, 0.25) is 5.02 Å². The molecule has 0 aliphatic carbocycles. The zero-order valence-corrected chi connectivity index (χ0v) is 14.8. The molecule has 0 fully saturated rings. The van der Waals surface area contributed by atoms with E-state index in [2.05, 4.69) is 22.3 Å². The fourth-order valence-corrected chi connectivity index (χ4v) is 3.31. The highest BCUT2D eigenvalue weighted by Gasteiger charge is 2.33. The first-order chi connectivity index (χ1) is 11.6. The molecule has 24 heavy (non-hydrogen) atoms. The average Bonchev–Trinajstić information content (AvgIpc) is 2.56. The van der Waals surface area contributed by atoms with E-state index >= 15 is 0 Å². The van der Waals surface area contributed by atoms with E-state index < -0.39 is 0 Å². The topological polar surface area (TPSA) is 35.6 Å². The number of hydrogen-bond acceptors (Lipinski definition) is 2. The predicted molar refractivity (Wildman–Crippen MR) is 98.6 cm³/mol. The number of anilines is 1. The number of benzene rings is 2. The minimum atomic E-state index is -0.115. The van der Waals surface area contributed by atoms with Crippen molar-refractivity contribution >= 4 is 23.3 Å². The van der Waals surface area contributed by atoms with Gasteiger partial charge in [0.05, 0.1) is 6.04 Å². The Hall–Kier alpha value is -2.04. The Balaban J connectivity index is 1.98. The van der Waals surface area contributed by atoms with Crippen molar-refractivity contribution in [1.29, 1.82) is 0 Å². The quantitative estimate of drug-likeness (QED) is 0.881. The number of carbonyl (C=O) groups excluding carboxylic acids is 1. The molecule has 2 aromatic rings. The number of hydrogen-bond donors (Lipinski definition) is 1. The molecular formula is C19H22ClN3O. The Morgan fingerprint density at radius 2 is 1.92 bits per heavy atom. The molecule has 0 saturated carbocycles. The minimum absolute atomic E-state index is 0.0579. The molecule has 1 atom stereocenters. The number of halogens is 1. The molecule has 0 spiro atoms. The van der Waals surface area contributed by atoms with Crippen LogP contribution in [0.4, 0.5) is 10.5 Å². The summed E-state index contributed by atoms with van der Waals surface area (Å²) in [5.74, 6) is 0. The van der Waals surface area contributed by atoms with Gasteiger partial charge in [0.25, 0.3) is 0 Å². The highest BCUT2D eigenvalue weighted by Crippen LogP contribution is 2.38. The van der Waals surface area contributed by atoms with Gasteiger partial charge >= 0.3 is 6.03 Å². The number of nitrogens with one attached hydrogen (secondary N) is 1. The molecular weight excluding hydrogens is 322 g/mol. The Bertz CT molecular complexity index is 718.